The minimum atomic E-state index is 0.0774. The first-order valence-electron chi connectivity index (χ1n) is 13.9. The molecule has 2 unspecified atom stereocenters. The molecule has 1 aromatic carbocycles. The highest BCUT2D eigenvalue weighted by Gasteiger charge is 2.35. The lowest BCUT2D eigenvalue weighted by atomic mass is 9.83. The summed E-state index contributed by atoms with van der Waals surface area (Å²) in [6.07, 6.45) is 9.80. The van der Waals surface area contributed by atoms with Crippen LogP contribution in [0.4, 0.5) is 0 Å². The molecule has 0 saturated carbocycles. The van der Waals surface area contributed by atoms with Gasteiger partial charge in [0.25, 0.3) is 5.91 Å². The summed E-state index contributed by atoms with van der Waals surface area (Å²) in [6, 6.07) is 12.8. The predicted molar refractivity (Wildman–Crippen MR) is 149 cm³/mol. The molecular weight excluding hydrogens is 460 g/mol. The smallest absolute Gasteiger partial charge is 0.254 e. The minimum Gasteiger partial charge on any atom is -0.383 e. The molecule has 2 aromatic heterocycles. The van der Waals surface area contributed by atoms with Gasteiger partial charge in [0.2, 0.25) is 0 Å². The van der Waals surface area contributed by atoms with Gasteiger partial charge in [-0.05, 0) is 86.5 Å². The first kappa shape index (κ1) is 25.8. The van der Waals surface area contributed by atoms with E-state index in [1.807, 2.05) is 18.2 Å². The summed E-state index contributed by atoms with van der Waals surface area (Å²) in [6.45, 7) is 8.68. The van der Waals surface area contributed by atoms with Gasteiger partial charge in [-0.15, -0.1) is 0 Å². The highest BCUT2D eigenvalue weighted by molar-refractivity contribution is 6.07. The number of hydrogen-bond donors (Lipinski definition) is 0. The van der Waals surface area contributed by atoms with Crippen LogP contribution in [0.5, 0.6) is 0 Å². The molecule has 37 heavy (non-hydrogen) atoms. The molecule has 0 aliphatic carbocycles. The number of hydrogen-bond acceptors (Lipinski definition) is 5. The summed E-state index contributed by atoms with van der Waals surface area (Å²) in [5.41, 5.74) is 4.57. The number of carbonyl (C=O) groups excluding carboxylic acids is 1. The van der Waals surface area contributed by atoms with Gasteiger partial charge in [0.05, 0.1) is 23.4 Å². The number of carbonyl (C=O) groups is 1. The average Bonchev–Trinajstić information content (AvgIpc) is 2.94. The van der Waals surface area contributed by atoms with Crippen LogP contribution in [0.2, 0.25) is 0 Å². The fourth-order valence-electron chi connectivity index (χ4n) is 6.17. The van der Waals surface area contributed by atoms with Crippen molar-refractivity contribution in [2.75, 3.05) is 39.9 Å². The summed E-state index contributed by atoms with van der Waals surface area (Å²) >= 11 is 0. The second-order valence-corrected chi connectivity index (χ2v) is 11.0. The number of pyridine rings is 2. The molecule has 5 rings (SSSR count). The molecular formula is C31H40N4O2. The quantitative estimate of drug-likeness (QED) is 0.393. The van der Waals surface area contributed by atoms with Crippen molar-refractivity contribution in [1.82, 2.24) is 19.8 Å². The zero-order chi connectivity index (χ0) is 25.8. The van der Waals surface area contributed by atoms with Crippen molar-refractivity contribution in [2.45, 2.75) is 57.9 Å². The van der Waals surface area contributed by atoms with Gasteiger partial charge in [0.15, 0.2) is 0 Å². The van der Waals surface area contributed by atoms with E-state index in [0.29, 0.717) is 31.0 Å². The monoisotopic (exact) mass is 500 g/mol. The second kappa shape index (κ2) is 11.7. The lowest BCUT2D eigenvalue weighted by Gasteiger charge is -2.45. The van der Waals surface area contributed by atoms with Crippen molar-refractivity contribution in [3.63, 3.8) is 0 Å². The Labute approximate surface area is 221 Å². The highest BCUT2D eigenvalue weighted by atomic mass is 16.5. The van der Waals surface area contributed by atoms with Gasteiger partial charge in [-0.2, -0.15) is 0 Å². The fourth-order valence-corrected chi connectivity index (χ4v) is 6.17. The summed E-state index contributed by atoms with van der Waals surface area (Å²) in [4.78, 5) is 28.2. The van der Waals surface area contributed by atoms with Crippen molar-refractivity contribution < 1.29 is 9.53 Å². The van der Waals surface area contributed by atoms with Crippen molar-refractivity contribution in [2.24, 2.45) is 5.92 Å². The minimum absolute atomic E-state index is 0.0774. The van der Waals surface area contributed by atoms with E-state index in [0.717, 1.165) is 34.3 Å². The summed E-state index contributed by atoms with van der Waals surface area (Å²) in [7, 11) is 1.71. The molecule has 3 aromatic rings. The Morgan fingerprint density at radius 3 is 2.68 bits per heavy atom. The van der Waals surface area contributed by atoms with Crippen molar-refractivity contribution in [3.05, 3.63) is 59.9 Å². The number of benzene rings is 1. The Hall–Kier alpha value is -2.83. The van der Waals surface area contributed by atoms with Crippen LogP contribution >= 0.6 is 0 Å². The number of amides is 1. The van der Waals surface area contributed by atoms with E-state index in [4.69, 9.17) is 9.72 Å². The molecule has 0 N–H and O–H groups in total. The van der Waals surface area contributed by atoms with Gasteiger partial charge in [-0.3, -0.25) is 9.78 Å². The van der Waals surface area contributed by atoms with Gasteiger partial charge in [0.1, 0.15) is 0 Å². The second-order valence-electron chi connectivity index (χ2n) is 11.0. The maximum atomic E-state index is 14.4. The van der Waals surface area contributed by atoms with Crippen molar-refractivity contribution >= 4 is 16.8 Å². The Morgan fingerprint density at radius 1 is 1.08 bits per heavy atom. The largest absolute Gasteiger partial charge is 0.383 e. The van der Waals surface area contributed by atoms with E-state index < -0.39 is 0 Å². The van der Waals surface area contributed by atoms with Crippen LogP contribution < -0.4 is 0 Å². The van der Waals surface area contributed by atoms with Crippen LogP contribution in [0.3, 0.4) is 0 Å². The number of piperidine rings is 2. The average molecular weight is 501 g/mol. The first-order valence-corrected chi connectivity index (χ1v) is 13.9. The molecule has 0 bridgehead atoms. The van der Waals surface area contributed by atoms with E-state index in [9.17, 15) is 4.79 Å². The molecule has 2 saturated heterocycles. The van der Waals surface area contributed by atoms with Crippen LogP contribution in [0.15, 0.2) is 48.8 Å². The third kappa shape index (κ3) is 5.70. The Morgan fingerprint density at radius 2 is 1.89 bits per heavy atom. The molecule has 2 aliphatic heterocycles. The fraction of sp³-hybridized carbons (Fsp3) is 0.516. The van der Waals surface area contributed by atoms with Crippen LogP contribution in [0, 0.1) is 5.92 Å². The number of methoxy groups -OCH3 is 1. The maximum absolute atomic E-state index is 14.4. The first-order chi connectivity index (χ1) is 18.0. The predicted octanol–water partition coefficient (Wildman–Crippen LogP) is 5.77. The summed E-state index contributed by atoms with van der Waals surface area (Å²) in [5, 5.41) is 0.930. The number of ether oxygens (including phenoxy) is 1. The van der Waals surface area contributed by atoms with Crippen LogP contribution in [0.25, 0.3) is 22.2 Å². The number of rotatable bonds is 8. The Balaban J connectivity index is 1.54. The van der Waals surface area contributed by atoms with E-state index in [-0.39, 0.29) is 5.91 Å². The number of nitrogens with zero attached hydrogens (tertiary/aromatic N) is 4. The van der Waals surface area contributed by atoms with Gasteiger partial charge in [0, 0.05) is 49.6 Å². The Bertz CT molecular complexity index is 1210. The third-order valence-electron chi connectivity index (χ3n) is 8.24. The van der Waals surface area contributed by atoms with Crippen molar-refractivity contribution in [3.8, 4) is 11.3 Å². The molecule has 0 radical (unpaired) electrons. The van der Waals surface area contributed by atoms with Gasteiger partial charge in [-0.25, -0.2) is 4.98 Å². The standard InChI is InChI=1S/C31H40N4O2/c1-22(2)24-9-10-28-26(19-24)27(20-29(33-28)23-11-13-32-14-12-23)31(36)35(17-18-37-3)21-25-7-6-16-34-15-5-4-8-30(25)34/h9-14,19-20,22,25,30H,4-8,15-18,21H2,1-3H3. The lowest BCUT2D eigenvalue weighted by molar-refractivity contribution is 0.0316. The maximum Gasteiger partial charge on any atom is 0.254 e. The van der Waals surface area contributed by atoms with Crippen LogP contribution in [0.1, 0.15) is 67.8 Å². The summed E-state index contributed by atoms with van der Waals surface area (Å²) in [5.74, 6) is 0.957. The topological polar surface area (TPSA) is 58.6 Å². The molecule has 6 nitrogen and oxygen atoms in total. The van der Waals surface area contributed by atoms with E-state index in [2.05, 4.69) is 46.8 Å². The summed E-state index contributed by atoms with van der Waals surface area (Å²) < 4.78 is 5.46. The van der Waals surface area contributed by atoms with E-state index >= 15 is 0 Å². The Kier molecular flexibility index (Phi) is 8.16. The van der Waals surface area contributed by atoms with E-state index in [1.54, 1.807) is 19.5 Å². The highest BCUT2D eigenvalue weighted by Crippen LogP contribution is 2.33. The molecule has 4 heterocycles. The van der Waals surface area contributed by atoms with Crippen molar-refractivity contribution in [1.29, 1.82) is 0 Å². The molecule has 2 aliphatic rings. The zero-order valence-electron chi connectivity index (χ0n) is 22.5. The van der Waals surface area contributed by atoms with Gasteiger partial charge >= 0.3 is 0 Å². The van der Waals surface area contributed by atoms with Crippen LogP contribution in [-0.2, 0) is 4.74 Å². The molecule has 2 fully saturated rings. The van der Waals surface area contributed by atoms with E-state index in [1.165, 1.54) is 50.8 Å². The molecule has 6 heteroatoms. The number of aromatic nitrogens is 2. The van der Waals surface area contributed by atoms with Gasteiger partial charge in [-0.1, -0.05) is 26.3 Å². The SMILES string of the molecule is COCCN(CC1CCCN2CCCCC12)C(=O)c1cc(-c2ccncc2)nc2ccc(C(C)C)cc12. The number of fused-ring (bicyclic) bond motifs is 2. The zero-order valence-corrected chi connectivity index (χ0v) is 22.5. The third-order valence-corrected chi connectivity index (χ3v) is 8.24. The molecule has 196 valence electrons. The lowest BCUT2D eigenvalue weighted by Crippen LogP contribution is -2.52. The normalized spacial score (nSPS) is 20.2. The van der Waals surface area contributed by atoms with Crippen LogP contribution in [-0.4, -0.2) is 71.6 Å². The molecule has 1 amide bonds. The molecule has 2 atom stereocenters. The van der Waals surface area contributed by atoms with Gasteiger partial charge < -0.3 is 14.5 Å². The molecule has 0 spiro atoms.